The van der Waals surface area contributed by atoms with Crippen LogP contribution in [0.15, 0.2) is 0 Å². The highest BCUT2D eigenvalue weighted by molar-refractivity contribution is 7.89. The van der Waals surface area contributed by atoms with Crippen LogP contribution in [0.3, 0.4) is 0 Å². The molecule has 16 heavy (non-hydrogen) atoms. The first-order valence-electron chi connectivity index (χ1n) is 5.81. The number of rotatable bonds is 5. The Morgan fingerprint density at radius 1 is 1.38 bits per heavy atom. The van der Waals surface area contributed by atoms with Crippen molar-refractivity contribution >= 4 is 10.0 Å². The molecule has 1 fully saturated rings. The van der Waals surface area contributed by atoms with Crippen molar-refractivity contribution in [1.29, 1.82) is 0 Å². The van der Waals surface area contributed by atoms with Gasteiger partial charge in [0.15, 0.2) is 0 Å². The van der Waals surface area contributed by atoms with E-state index in [1.165, 1.54) is 0 Å². The second kappa shape index (κ2) is 5.95. The predicted molar refractivity (Wildman–Crippen MR) is 65.9 cm³/mol. The topological polar surface area (TPSA) is 61.4 Å². The molecule has 0 saturated carbocycles. The molecular formula is C10H23N3O2S. The Kier molecular flexibility index (Phi) is 5.17. The summed E-state index contributed by atoms with van der Waals surface area (Å²) < 4.78 is 25.6. The van der Waals surface area contributed by atoms with Crippen molar-refractivity contribution in [3.05, 3.63) is 0 Å². The lowest BCUT2D eigenvalue weighted by Gasteiger charge is -2.36. The molecular weight excluding hydrogens is 226 g/mol. The number of hydrogen-bond donors (Lipinski definition) is 2. The zero-order chi connectivity index (χ0) is 12.2. The van der Waals surface area contributed by atoms with Gasteiger partial charge in [-0.2, -0.15) is 0 Å². The first kappa shape index (κ1) is 13.9. The van der Waals surface area contributed by atoms with E-state index in [1.54, 1.807) is 11.4 Å². The molecule has 0 spiro atoms. The molecule has 5 nitrogen and oxygen atoms in total. The zero-order valence-corrected chi connectivity index (χ0v) is 11.2. The fourth-order valence-corrected chi connectivity index (χ4v) is 3.52. The molecule has 0 aromatic carbocycles. The first-order valence-corrected chi connectivity index (χ1v) is 7.42. The van der Waals surface area contributed by atoms with E-state index in [2.05, 4.69) is 17.6 Å². The third-order valence-electron chi connectivity index (χ3n) is 3.30. The third kappa shape index (κ3) is 3.41. The zero-order valence-electron chi connectivity index (χ0n) is 10.4. The Morgan fingerprint density at radius 2 is 2.06 bits per heavy atom. The fourth-order valence-electron chi connectivity index (χ4n) is 2.03. The van der Waals surface area contributed by atoms with Gasteiger partial charge in [-0.15, -0.1) is 0 Å². The quantitative estimate of drug-likeness (QED) is 0.687. The summed E-state index contributed by atoms with van der Waals surface area (Å²) in [5.41, 5.74) is 0. The highest BCUT2D eigenvalue weighted by Gasteiger charge is 2.31. The van der Waals surface area contributed by atoms with Crippen LogP contribution in [-0.2, 0) is 10.0 Å². The van der Waals surface area contributed by atoms with E-state index in [0.29, 0.717) is 25.6 Å². The maximum Gasteiger partial charge on any atom is 0.215 e. The summed E-state index contributed by atoms with van der Waals surface area (Å²) in [7, 11) is 0.581. The first-order chi connectivity index (χ1) is 7.51. The smallest absolute Gasteiger partial charge is 0.215 e. The summed E-state index contributed by atoms with van der Waals surface area (Å²) in [6.07, 6.45) is 0.935. The van der Waals surface area contributed by atoms with Crippen molar-refractivity contribution in [2.24, 2.45) is 5.92 Å². The Labute approximate surface area is 98.6 Å². The number of sulfonamides is 1. The summed E-state index contributed by atoms with van der Waals surface area (Å²) in [6, 6.07) is 0.276. The molecule has 0 amide bonds. The van der Waals surface area contributed by atoms with Crippen LogP contribution in [0.4, 0.5) is 0 Å². The highest BCUT2D eigenvalue weighted by Crippen LogP contribution is 2.19. The van der Waals surface area contributed by atoms with Gasteiger partial charge in [-0.1, -0.05) is 6.92 Å². The summed E-state index contributed by atoms with van der Waals surface area (Å²) in [6.45, 7) is 3.94. The van der Waals surface area contributed by atoms with E-state index in [0.717, 1.165) is 6.42 Å². The molecule has 0 aliphatic carbocycles. The molecule has 0 bridgehead atoms. The number of nitrogens with one attached hydrogen (secondary N) is 2. The van der Waals surface area contributed by atoms with E-state index in [-0.39, 0.29) is 11.8 Å². The van der Waals surface area contributed by atoms with Gasteiger partial charge >= 0.3 is 0 Å². The Hall–Kier alpha value is -0.170. The third-order valence-corrected chi connectivity index (χ3v) is 5.13. The van der Waals surface area contributed by atoms with Crippen molar-refractivity contribution in [2.75, 3.05) is 39.5 Å². The van der Waals surface area contributed by atoms with E-state index in [4.69, 9.17) is 0 Å². The lowest BCUT2D eigenvalue weighted by Crippen LogP contribution is -2.51. The Morgan fingerprint density at radius 3 is 2.62 bits per heavy atom. The maximum atomic E-state index is 12.0. The van der Waals surface area contributed by atoms with Gasteiger partial charge in [-0.25, -0.2) is 12.7 Å². The maximum absolute atomic E-state index is 12.0. The van der Waals surface area contributed by atoms with Crippen LogP contribution < -0.4 is 10.6 Å². The average molecular weight is 249 g/mol. The van der Waals surface area contributed by atoms with Crippen LogP contribution in [-0.4, -0.2) is 58.2 Å². The molecule has 96 valence electrons. The standard InChI is InChI=1S/C10H23N3O2S/c1-9-4-6-13(8-10(9)12-3)16(14,15)7-5-11-2/h9-12H,4-8H2,1-3H3. The normalized spacial score (nSPS) is 28.2. The van der Waals surface area contributed by atoms with Gasteiger partial charge in [0.05, 0.1) is 5.75 Å². The van der Waals surface area contributed by atoms with Crippen molar-refractivity contribution in [2.45, 2.75) is 19.4 Å². The number of hydrogen-bond acceptors (Lipinski definition) is 4. The molecule has 0 aromatic heterocycles. The van der Waals surface area contributed by atoms with Gasteiger partial charge in [-0.3, -0.25) is 0 Å². The van der Waals surface area contributed by atoms with Crippen LogP contribution in [0.2, 0.25) is 0 Å². The second-order valence-electron chi connectivity index (χ2n) is 4.44. The predicted octanol–water partition coefficient (Wildman–Crippen LogP) is -0.535. The minimum Gasteiger partial charge on any atom is -0.319 e. The lowest BCUT2D eigenvalue weighted by atomic mass is 9.95. The Balaban J connectivity index is 2.60. The summed E-state index contributed by atoms with van der Waals surface area (Å²) in [5, 5.41) is 6.07. The van der Waals surface area contributed by atoms with Gasteiger partial charge in [0.2, 0.25) is 10.0 Å². The molecule has 2 N–H and O–H groups in total. The largest absolute Gasteiger partial charge is 0.319 e. The van der Waals surface area contributed by atoms with Crippen LogP contribution in [0.1, 0.15) is 13.3 Å². The lowest BCUT2D eigenvalue weighted by molar-refractivity contribution is 0.229. The molecule has 0 radical (unpaired) electrons. The van der Waals surface area contributed by atoms with E-state index in [9.17, 15) is 8.42 Å². The molecule has 1 rings (SSSR count). The van der Waals surface area contributed by atoms with Crippen LogP contribution in [0.25, 0.3) is 0 Å². The number of nitrogens with zero attached hydrogens (tertiary/aromatic N) is 1. The van der Waals surface area contributed by atoms with Crippen molar-refractivity contribution < 1.29 is 8.42 Å². The van der Waals surface area contributed by atoms with E-state index >= 15 is 0 Å². The van der Waals surface area contributed by atoms with Crippen LogP contribution in [0, 0.1) is 5.92 Å². The van der Waals surface area contributed by atoms with Gasteiger partial charge in [0.25, 0.3) is 0 Å². The van der Waals surface area contributed by atoms with Crippen LogP contribution in [0.5, 0.6) is 0 Å². The van der Waals surface area contributed by atoms with Gasteiger partial charge in [0, 0.05) is 25.7 Å². The fraction of sp³-hybridized carbons (Fsp3) is 1.00. The molecule has 6 heteroatoms. The summed E-state index contributed by atoms with van der Waals surface area (Å²) >= 11 is 0. The second-order valence-corrected chi connectivity index (χ2v) is 6.53. The SMILES string of the molecule is CNCCS(=O)(=O)N1CCC(C)C(NC)C1. The van der Waals surface area contributed by atoms with Crippen LogP contribution >= 0.6 is 0 Å². The van der Waals surface area contributed by atoms with Gasteiger partial charge < -0.3 is 10.6 Å². The van der Waals surface area contributed by atoms with Gasteiger partial charge in [0.1, 0.15) is 0 Å². The van der Waals surface area contributed by atoms with E-state index < -0.39 is 10.0 Å². The monoisotopic (exact) mass is 249 g/mol. The number of likely N-dealkylation sites (N-methyl/N-ethyl adjacent to an activating group) is 1. The molecule has 1 saturated heterocycles. The molecule has 2 unspecified atom stereocenters. The van der Waals surface area contributed by atoms with Crippen molar-refractivity contribution in [3.8, 4) is 0 Å². The minimum atomic E-state index is -3.08. The molecule has 0 aromatic rings. The highest BCUT2D eigenvalue weighted by atomic mass is 32.2. The number of piperidine rings is 1. The average Bonchev–Trinajstić information content (AvgIpc) is 2.27. The summed E-state index contributed by atoms with van der Waals surface area (Å²) in [5.74, 6) is 0.731. The minimum absolute atomic E-state index is 0.189. The molecule has 2 atom stereocenters. The van der Waals surface area contributed by atoms with Crippen molar-refractivity contribution in [3.63, 3.8) is 0 Å². The summed E-state index contributed by atoms with van der Waals surface area (Å²) in [4.78, 5) is 0. The van der Waals surface area contributed by atoms with Gasteiger partial charge in [-0.05, 0) is 26.4 Å². The van der Waals surface area contributed by atoms with E-state index in [1.807, 2.05) is 7.05 Å². The molecule has 1 aliphatic rings. The van der Waals surface area contributed by atoms with Crippen molar-refractivity contribution in [1.82, 2.24) is 14.9 Å². The Bertz CT molecular complexity index is 305. The molecule has 1 heterocycles. The molecule has 1 aliphatic heterocycles.